The van der Waals surface area contributed by atoms with E-state index < -0.39 is 0 Å². The minimum absolute atomic E-state index is 0.0830. The summed E-state index contributed by atoms with van der Waals surface area (Å²) in [7, 11) is 1.68. The molecule has 108 valence electrons. The van der Waals surface area contributed by atoms with Crippen molar-refractivity contribution < 1.29 is 9.53 Å². The maximum Gasteiger partial charge on any atom is 0.250 e. The summed E-state index contributed by atoms with van der Waals surface area (Å²) in [6.07, 6.45) is 0. The first-order valence-corrected chi connectivity index (χ1v) is 7.52. The number of carbonyl (C=O) groups is 1. The molecule has 0 unspecified atom stereocenters. The summed E-state index contributed by atoms with van der Waals surface area (Å²) in [5, 5.41) is 0. The number of rotatable bonds is 4. The Kier molecular flexibility index (Phi) is 4.73. The molecule has 0 saturated carbocycles. The number of fused-ring (bicyclic) bond motifs is 1. The first-order valence-electron chi connectivity index (χ1n) is 6.71. The number of thiazole rings is 1. The SMILES string of the molecule is COCCn1c(=NC(=O)C(C)C)sc2cccc(C)c21. The van der Waals surface area contributed by atoms with Crippen LogP contribution in [0, 0.1) is 12.8 Å². The normalized spacial score (nSPS) is 12.6. The Bertz CT molecular complexity index is 683. The molecule has 0 bridgehead atoms. The van der Waals surface area contributed by atoms with Crippen LogP contribution in [0.4, 0.5) is 0 Å². The summed E-state index contributed by atoms with van der Waals surface area (Å²) in [4.78, 5) is 16.9. The first-order chi connectivity index (χ1) is 9.54. The number of methoxy groups -OCH3 is 1. The lowest BCUT2D eigenvalue weighted by molar-refractivity contribution is -0.120. The molecular weight excluding hydrogens is 272 g/mol. The van der Waals surface area contributed by atoms with Crippen LogP contribution in [-0.4, -0.2) is 24.2 Å². The molecule has 4 nitrogen and oxygen atoms in total. The van der Waals surface area contributed by atoms with Gasteiger partial charge in [0.2, 0.25) is 0 Å². The van der Waals surface area contributed by atoms with E-state index >= 15 is 0 Å². The average Bonchev–Trinajstić information content (AvgIpc) is 2.75. The molecule has 0 aliphatic heterocycles. The lowest BCUT2D eigenvalue weighted by Gasteiger charge is -2.06. The number of amides is 1. The van der Waals surface area contributed by atoms with Gasteiger partial charge in [-0.1, -0.05) is 37.3 Å². The molecule has 1 aromatic carbocycles. The third kappa shape index (κ3) is 2.99. The van der Waals surface area contributed by atoms with Crippen molar-refractivity contribution >= 4 is 27.5 Å². The van der Waals surface area contributed by atoms with Gasteiger partial charge in [0.1, 0.15) is 0 Å². The van der Waals surface area contributed by atoms with Crippen LogP contribution in [-0.2, 0) is 16.1 Å². The molecule has 0 atom stereocenters. The molecule has 2 rings (SSSR count). The maximum absolute atomic E-state index is 11.9. The standard InChI is InChI=1S/C15H20N2O2S/c1-10(2)14(18)16-15-17(8-9-19-4)13-11(3)6-5-7-12(13)20-15/h5-7,10H,8-9H2,1-4H3. The van der Waals surface area contributed by atoms with Crippen LogP contribution in [0.1, 0.15) is 19.4 Å². The van der Waals surface area contributed by atoms with E-state index in [1.165, 1.54) is 5.56 Å². The smallest absolute Gasteiger partial charge is 0.250 e. The van der Waals surface area contributed by atoms with E-state index in [1.54, 1.807) is 18.4 Å². The zero-order valence-corrected chi connectivity index (χ0v) is 13.2. The molecule has 0 N–H and O–H groups in total. The van der Waals surface area contributed by atoms with Gasteiger partial charge in [-0.15, -0.1) is 0 Å². The summed E-state index contributed by atoms with van der Waals surface area (Å²) >= 11 is 1.55. The van der Waals surface area contributed by atoms with E-state index in [-0.39, 0.29) is 11.8 Å². The molecule has 1 heterocycles. The van der Waals surface area contributed by atoms with Crippen LogP contribution >= 0.6 is 11.3 Å². The highest BCUT2D eigenvalue weighted by atomic mass is 32.1. The quantitative estimate of drug-likeness (QED) is 0.869. The summed E-state index contributed by atoms with van der Waals surface area (Å²) in [5.74, 6) is -0.169. The molecule has 0 spiro atoms. The van der Waals surface area contributed by atoms with E-state index in [0.29, 0.717) is 13.2 Å². The molecule has 20 heavy (non-hydrogen) atoms. The van der Waals surface area contributed by atoms with E-state index in [2.05, 4.69) is 28.6 Å². The number of hydrogen-bond donors (Lipinski definition) is 0. The number of aryl methyl sites for hydroxylation is 1. The summed E-state index contributed by atoms with van der Waals surface area (Å²) in [5.41, 5.74) is 2.33. The first kappa shape index (κ1) is 14.9. The highest BCUT2D eigenvalue weighted by molar-refractivity contribution is 7.16. The number of aromatic nitrogens is 1. The number of para-hydroxylation sites is 1. The molecule has 2 aromatic rings. The van der Waals surface area contributed by atoms with E-state index in [1.807, 2.05) is 19.9 Å². The Morgan fingerprint density at radius 3 is 2.85 bits per heavy atom. The Balaban J connectivity index is 2.64. The fraction of sp³-hybridized carbons (Fsp3) is 0.467. The summed E-state index contributed by atoms with van der Waals surface area (Å²) in [6.45, 7) is 7.11. The van der Waals surface area contributed by atoms with E-state index in [0.717, 1.165) is 15.0 Å². The van der Waals surface area contributed by atoms with Gasteiger partial charge in [-0.2, -0.15) is 4.99 Å². The molecule has 1 amide bonds. The van der Waals surface area contributed by atoms with Gasteiger partial charge in [-0.25, -0.2) is 0 Å². The van der Waals surface area contributed by atoms with Gasteiger partial charge in [0.25, 0.3) is 5.91 Å². The van der Waals surface area contributed by atoms with Crippen molar-refractivity contribution in [1.29, 1.82) is 0 Å². The van der Waals surface area contributed by atoms with Gasteiger partial charge in [0, 0.05) is 19.6 Å². The zero-order valence-electron chi connectivity index (χ0n) is 12.3. The number of carbonyl (C=O) groups excluding carboxylic acids is 1. The summed E-state index contributed by atoms with van der Waals surface area (Å²) < 4.78 is 8.40. The van der Waals surface area contributed by atoms with Crippen LogP contribution in [0.5, 0.6) is 0 Å². The monoisotopic (exact) mass is 292 g/mol. The Morgan fingerprint density at radius 2 is 2.20 bits per heavy atom. The second-order valence-electron chi connectivity index (χ2n) is 5.06. The fourth-order valence-electron chi connectivity index (χ4n) is 2.01. The van der Waals surface area contributed by atoms with Gasteiger partial charge >= 0.3 is 0 Å². The van der Waals surface area contributed by atoms with Gasteiger partial charge in [-0.05, 0) is 18.6 Å². The summed E-state index contributed by atoms with van der Waals surface area (Å²) in [6, 6.07) is 6.17. The third-order valence-electron chi connectivity index (χ3n) is 3.12. The molecular formula is C15H20N2O2S. The van der Waals surface area contributed by atoms with Crippen molar-refractivity contribution in [3.8, 4) is 0 Å². The lowest BCUT2D eigenvalue weighted by Crippen LogP contribution is -2.20. The van der Waals surface area contributed by atoms with Gasteiger partial charge in [-0.3, -0.25) is 4.79 Å². The van der Waals surface area contributed by atoms with Crippen molar-refractivity contribution in [2.45, 2.75) is 27.3 Å². The van der Waals surface area contributed by atoms with E-state index in [4.69, 9.17) is 4.74 Å². The number of benzene rings is 1. The largest absolute Gasteiger partial charge is 0.383 e. The lowest BCUT2D eigenvalue weighted by atomic mass is 10.2. The van der Waals surface area contributed by atoms with Crippen molar-refractivity contribution in [3.05, 3.63) is 28.6 Å². The minimum atomic E-state index is -0.0859. The van der Waals surface area contributed by atoms with Gasteiger partial charge < -0.3 is 9.30 Å². The van der Waals surface area contributed by atoms with Gasteiger partial charge in [0.15, 0.2) is 4.80 Å². The second kappa shape index (κ2) is 6.33. The molecule has 5 heteroatoms. The third-order valence-corrected chi connectivity index (χ3v) is 4.17. The van der Waals surface area contributed by atoms with Crippen molar-refractivity contribution in [2.75, 3.05) is 13.7 Å². The molecule has 1 aromatic heterocycles. The maximum atomic E-state index is 11.9. The van der Waals surface area contributed by atoms with Gasteiger partial charge in [0.05, 0.1) is 16.8 Å². The second-order valence-corrected chi connectivity index (χ2v) is 6.06. The van der Waals surface area contributed by atoms with Crippen molar-refractivity contribution in [1.82, 2.24) is 4.57 Å². The predicted octanol–water partition coefficient (Wildman–Crippen LogP) is 2.74. The predicted molar refractivity (Wildman–Crippen MR) is 81.8 cm³/mol. The number of nitrogens with zero attached hydrogens (tertiary/aromatic N) is 2. The highest BCUT2D eigenvalue weighted by Gasteiger charge is 2.11. The van der Waals surface area contributed by atoms with Crippen LogP contribution in [0.25, 0.3) is 10.2 Å². The highest BCUT2D eigenvalue weighted by Crippen LogP contribution is 2.20. The number of hydrogen-bond acceptors (Lipinski definition) is 3. The van der Waals surface area contributed by atoms with Crippen LogP contribution in [0.3, 0.4) is 0 Å². The Labute approximate surface area is 122 Å². The molecule has 0 aliphatic carbocycles. The fourth-order valence-corrected chi connectivity index (χ4v) is 3.15. The Hall–Kier alpha value is -1.46. The topological polar surface area (TPSA) is 43.6 Å². The van der Waals surface area contributed by atoms with E-state index in [9.17, 15) is 4.79 Å². The molecule has 0 radical (unpaired) electrons. The molecule has 0 aliphatic rings. The number of ether oxygens (including phenoxy) is 1. The Morgan fingerprint density at radius 1 is 1.45 bits per heavy atom. The van der Waals surface area contributed by atoms with Crippen molar-refractivity contribution in [3.63, 3.8) is 0 Å². The minimum Gasteiger partial charge on any atom is -0.383 e. The molecule has 0 fully saturated rings. The molecule has 0 saturated heterocycles. The van der Waals surface area contributed by atoms with Crippen molar-refractivity contribution in [2.24, 2.45) is 10.9 Å². The van der Waals surface area contributed by atoms with Crippen LogP contribution in [0.2, 0.25) is 0 Å². The van der Waals surface area contributed by atoms with Crippen LogP contribution in [0.15, 0.2) is 23.2 Å². The average molecular weight is 292 g/mol. The zero-order chi connectivity index (χ0) is 14.7. The van der Waals surface area contributed by atoms with Crippen LogP contribution < -0.4 is 4.80 Å².